The van der Waals surface area contributed by atoms with E-state index in [4.69, 9.17) is 0 Å². The molecule has 0 unspecified atom stereocenters. The van der Waals surface area contributed by atoms with Crippen LogP contribution in [0.4, 0.5) is 5.69 Å². The SMILES string of the molecule is CC[C@@H](C)CNC(=O)[C@H](C1CCCC1)N1CCN(C(=O)c2ccc([N+](=O)[O-])cc2)CC1. The van der Waals surface area contributed by atoms with Gasteiger partial charge in [0.05, 0.1) is 11.0 Å². The third kappa shape index (κ3) is 5.81. The Labute approximate surface area is 184 Å². The Hall–Kier alpha value is -2.48. The molecular formula is C23H34N4O4. The molecule has 2 aliphatic rings. The van der Waals surface area contributed by atoms with E-state index < -0.39 is 4.92 Å². The van der Waals surface area contributed by atoms with E-state index in [0.29, 0.717) is 50.1 Å². The zero-order chi connectivity index (χ0) is 22.4. The van der Waals surface area contributed by atoms with Gasteiger partial charge >= 0.3 is 0 Å². The summed E-state index contributed by atoms with van der Waals surface area (Å²) < 4.78 is 0. The van der Waals surface area contributed by atoms with E-state index in [1.54, 1.807) is 4.90 Å². The standard InChI is InChI=1S/C23H34N4O4/c1-3-17(2)16-24-22(28)21(18-6-4-5-7-18)25-12-14-26(15-13-25)23(29)19-8-10-20(11-9-19)27(30)31/h8-11,17-18,21H,3-7,12-16H2,1-2H3,(H,24,28)/t17-,21+/m1/s1. The van der Waals surface area contributed by atoms with Crippen LogP contribution in [-0.2, 0) is 4.79 Å². The first-order valence-corrected chi connectivity index (χ1v) is 11.5. The van der Waals surface area contributed by atoms with Crippen molar-refractivity contribution in [2.75, 3.05) is 32.7 Å². The van der Waals surface area contributed by atoms with E-state index in [2.05, 4.69) is 24.1 Å². The molecule has 0 radical (unpaired) electrons. The minimum absolute atomic E-state index is 0.0239. The van der Waals surface area contributed by atoms with Gasteiger partial charge < -0.3 is 10.2 Å². The van der Waals surface area contributed by atoms with Gasteiger partial charge in [-0.05, 0) is 36.8 Å². The molecule has 1 aromatic carbocycles. The zero-order valence-electron chi connectivity index (χ0n) is 18.6. The van der Waals surface area contributed by atoms with Crippen molar-refractivity contribution in [1.82, 2.24) is 15.1 Å². The number of nitro groups is 1. The monoisotopic (exact) mass is 430 g/mol. The third-order valence-corrected chi connectivity index (χ3v) is 6.76. The predicted octanol–water partition coefficient (Wildman–Crippen LogP) is 3.07. The van der Waals surface area contributed by atoms with Gasteiger partial charge in [0.25, 0.3) is 11.6 Å². The van der Waals surface area contributed by atoms with Gasteiger partial charge in [-0.3, -0.25) is 24.6 Å². The quantitative estimate of drug-likeness (QED) is 0.505. The molecular weight excluding hydrogens is 396 g/mol. The first-order valence-electron chi connectivity index (χ1n) is 11.5. The summed E-state index contributed by atoms with van der Waals surface area (Å²) >= 11 is 0. The highest BCUT2D eigenvalue weighted by molar-refractivity contribution is 5.94. The highest BCUT2D eigenvalue weighted by Crippen LogP contribution is 2.31. The van der Waals surface area contributed by atoms with Crippen molar-refractivity contribution in [1.29, 1.82) is 0 Å². The second-order valence-electron chi connectivity index (χ2n) is 8.88. The summed E-state index contributed by atoms with van der Waals surface area (Å²) in [5.41, 5.74) is 0.432. The Bertz CT molecular complexity index is 768. The molecule has 1 aliphatic carbocycles. The molecule has 1 aliphatic heterocycles. The smallest absolute Gasteiger partial charge is 0.269 e. The minimum Gasteiger partial charge on any atom is -0.354 e. The maximum atomic E-state index is 13.1. The Kier molecular flexibility index (Phi) is 8.01. The van der Waals surface area contributed by atoms with Gasteiger partial charge in [0.1, 0.15) is 0 Å². The van der Waals surface area contributed by atoms with Crippen LogP contribution >= 0.6 is 0 Å². The second-order valence-corrected chi connectivity index (χ2v) is 8.88. The molecule has 1 saturated heterocycles. The van der Waals surface area contributed by atoms with Crippen LogP contribution in [0.15, 0.2) is 24.3 Å². The van der Waals surface area contributed by atoms with Gasteiger partial charge in [-0.15, -0.1) is 0 Å². The number of nitrogens with one attached hydrogen (secondary N) is 1. The first-order chi connectivity index (χ1) is 14.9. The number of rotatable bonds is 8. The average Bonchev–Trinajstić information content (AvgIpc) is 3.32. The molecule has 8 nitrogen and oxygen atoms in total. The molecule has 170 valence electrons. The maximum Gasteiger partial charge on any atom is 0.269 e. The first kappa shape index (κ1) is 23.2. The predicted molar refractivity (Wildman–Crippen MR) is 119 cm³/mol. The summed E-state index contributed by atoms with van der Waals surface area (Å²) in [7, 11) is 0. The molecule has 0 aromatic heterocycles. The summed E-state index contributed by atoms with van der Waals surface area (Å²) in [5, 5.41) is 14.0. The highest BCUT2D eigenvalue weighted by Gasteiger charge is 2.37. The van der Waals surface area contributed by atoms with Crippen molar-refractivity contribution < 1.29 is 14.5 Å². The van der Waals surface area contributed by atoms with Gasteiger partial charge in [0.2, 0.25) is 5.91 Å². The van der Waals surface area contributed by atoms with Crippen molar-refractivity contribution in [3.05, 3.63) is 39.9 Å². The van der Waals surface area contributed by atoms with Gasteiger partial charge in [-0.2, -0.15) is 0 Å². The Morgan fingerprint density at radius 2 is 1.74 bits per heavy atom. The topological polar surface area (TPSA) is 95.8 Å². The number of benzene rings is 1. The molecule has 1 saturated carbocycles. The normalized spacial score (nSPS) is 19.7. The Balaban J connectivity index is 1.61. The van der Waals surface area contributed by atoms with Crippen molar-refractivity contribution in [2.45, 2.75) is 52.0 Å². The second kappa shape index (κ2) is 10.7. The highest BCUT2D eigenvalue weighted by atomic mass is 16.6. The number of carbonyl (C=O) groups excluding carboxylic acids is 2. The molecule has 1 aromatic rings. The van der Waals surface area contributed by atoms with Crippen LogP contribution in [0.25, 0.3) is 0 Å². The minimum atomic E-state index is -0.470. The van der Waals surface area contributed by atoms with Crippen molar-refractivity contribution >= 4 is 17.5 Å². The average molecular weight is 431 g/mol. The number of piperazine rings is 1. The summed E-state index contributed by atoms with van der Waals surface area (Å²) in [6, 6.07) is 5.62. The fourth-order valence-corrected chi connectivity index (χ4v) is 4.59. The van der Waals surface area contributed by atoms with Gasteiger partial charge in [-0.1, -0.05) is 33.1 Å². The van der Waals surface area contributed by atoms with Crippen LogP contribution in [0, 0.1) is 22.0 Å². The van der Waals surface area contributed by atoms with Crippen LogP contribution in [0.5, 0.6) is 0 Å². The molecule has 2 atom stereocenters. The lowest BCUT2D eigenvalue weighted by molar-refractivity contribution is -0.384. The summed E-state index contributed by atoms with van der Waals surface area (Å²) in [6.07, 6.45) is 5.57. The van der Waals surface area contributed by atoms with Crippen molar-refractivity contribution in [2.24, 2.45) is 11.8 Å². The maximum absolute atomic E-state index is 13.1. The van der Waals surface area contributed by atoms with E-state index in [-0.39, 0.29) is 23.5 Å². The van der Waals surface area contributed by atoms with Crippen molar-refractivity contribution in [3.63, 3.8) is 0 Å². The van der Waals surface area contributed by atoms with E-state index in [9.17, 15) is 19.7 Å². The molecule has 31 heavy (non-hydrogen) atoms. The largest absolute Gasteiger partial charge is 0.354 e. The van der Waals surface area contributed by atoms with E-state index >= 15 is 0 Å². The van der Waals surface area contributed by atoms with E-state index in [0.717, 1.165) is 19.3 Å². The number of amides is 2. The number of carbonyl (C=O) groups is 2. The number of nitro benzene ring substituents is 1. The van der Waals surface area contributed by atoms with Gasteiger partial charge in [0.15, 0.2) is 0 Å². The lowest BCUT2D eigenvalue weighted by atomic mass is 9.94. The molecule has 3 rings (SSSR count). The van der Waals surface area contributed by atoms with Crippen LogP contribution in [0.1, 0.15) is 56.3 Å². The fraction of sp³-hybridized carbons (Fsp3) is 0.652. The molecule has 8 heteroatoms. The third-order valence-electron chi connectivity index (χ3n) is 6.76. The van der Waals surface area contributed by atoms with E-state index in [1.165, 1.54) is 37.1 Å². The van der Waals surface area contributed by atoms with Crippen LogP contribution < -0.4 is 5.32 Å². The summed E-state index contributed by atoms with van der Waals surface area (Å²) in [4.78, 5) is 40.3. The molecule has 2 fully saturated rings. The van der Waals surface area contributed by atoms with Gasteiger partial charge in [-0.25, -0.2) is 0 Å². The zero-order valence-corrected chi connectivity index (χ0v) is 18.6. The van der Waals surface area contributed by atoms with Gasteiger partial charge in [0, 0.05) is 50.4 Å². The summed E-state index contributed by atoms with van der Waals surface area (Å²) in [5.74, 6) is 0.855. The number of hydrogen-bond donors (Lipinski definition) is 1. The molecule has 1 N–H and O–H groups in total. The van der Waals surface area contributed by atoms with Crippen molar-refractivity contribution in [3.8, 4) is 0 Å². The summed E-state index contributed by atoms with van der Waals surface area (Å²) in [6.45, 7) is 7.42. The Morgan fingerprint density at radius 1 is 1.13 bits per heavy atom. The molecule has 0 spiro atoms. The van der Waals surface area contributed by atoms with Crippen LogP contribution in [0.2, 0.25) is 0 Å². The molecule has 1 heterocycles. The van der Waals surface area contributed by atoms with E-state index in [1.807, 2.05) is 0 Å². The lowest BCUT2D eigenvalue weighted by Gasteiger charge is -2.41. The molecule has 0 bridgehead atoms. The fourth-order valence-electron chi connectivity index (χ4n) is 4.59. The Morgan fingerprint density at radius 3 is 2.29 bits per heavy atom. The van der Waals surface area contributed by atoms with Crippen LogP contribution in [-0.4, -0.2) is 65.3 Å². The number of hydrogen-bond acceptors (Lipinski definition) is 5. The number of non-ortho nitro benzene ring substituents is 1. The lowest BCUT2D eigenvalue weighted by Crippen LogP contribution is -2.58. The molecule has 2 amide bonds. The number of nitrogens with zero attached hydrogens (tertiary/aromatic N) is 3. The van der Waals surface area contributed by atoms with Crippen LogP contribution in [0.3, 0.4) is 0 Å².